The molecule has 0 unspecified atom stereocenters. The lowest BCUT2D eigenvalue weighted by molar-refractivity contribution is -0.135. The number of hydrogen-bond acceptors (Lipinski definition) is 5. The number of benzene rings is 2. The van der Waals surface area contributed by atoms with E-state index in [4.69, 9.17) is 9.15 Å². The first-order valence-electron chi connectivity index (χ1n) is 8.66. The van der Waals surface area contributed by atoms with E-state index in [1.807, 2.05) is 18.2 Å². The Morgan fingerprint density at radius 1 is 1.04 bits per heavy atom. The van der Waals surface area contributed by atoms with Crippen LogP contribution in [0.25, 0.3) is 11.0 Å². The van der Waals surface area contributed by atoms with Gasteiger partial charge in [0.05, 0.1) is 5.39 Å². The fourth-order valence-corrected chi connectivity index (χ4v) is 3.20. The van der Waals surface area contributed by atoms with Crippen LogP contribution >= 0.6 is 0 Å². The second-order valence-electron chi connectivity index (χ2n) is 6.38. The second-order valence-corrected chi connectivity index (χ2v) is 6.38. The fourth-order valence-electron chi connectivity index (χ4n) is 3.20. The lowest BCUT2D eigenvalue weighted by Gasteiger charge is -2.28. The molecule has 1 aliphatic heterocycles. The van der Waals surface area contributed by atoms with E-state index in [9.17, 15) is 14.4 Å². The molecular formula is C21H17NO5. The van der Waals surface area contributed by atoms with E-state index in [1.54, 1.807) is 29.2 Å². The van der Waals surface area contributed by atoms with Crippen LogP contribution in [0.1, 0.15) is 21.7 Å². The van der Waals surface area contributed by atoms with Crippen molar-refractivity contribution in [3.05, 3.63) is 81.7 Å². The van der Waals surface area contributed by atoms with Crippen LogP contribution < -0.4 is 5.43 Å². The average Bonchev–Trinajstić information content (AvgIpc) is 2.71. The lowest BCUT2D eigenvalue weighted by atomic mass is 10.00. The van der Waals surface area contributed by atoms with Gasteiger partial charge in [0, 0.05) is 19.2 Å². The van der Waals surface area contributed by atoms with Gasteiger partial charge in [0.15, 0.2) is 12.0 Å². The highest BCUT2D eigenvalue weighted by Gasteiger charge is 2.22. The molecular weight excluding hydrogens is 346 g/mol. The van der Waals surface area contributed by atoms with Crippen molar-refractivity contribution in [2.24, 2.45) is 0 Å². The Bertz CT molecular complexity index is 1090. The van der Waals surface area contributed by atoms with Gasteiger partial charge in [0.25, 0.3) is 5.91 Å². The molecule has 0 radical (unpaired) electrons. The minimum absolute atomic E-state index is 0.213. The molecule has 6 nitrogen and oxygen atoms in total. The second kappa shape index (κ2) is 7.07. The normalized spacial score (nSPS) is 13.3. The number of esters is 1. The Hall–Kier alpha value is -3.41. The predicted octanol–water partition coefficient (Wildman–Crippen LogP) is 2.53. The molecule has 0 fully saturated rings. The highest BCUT2D eigenvalue weighted by molar-refractivity contribution is 5.90. The van der Waals surface area contributed by atoms with Crippen molar-refractivity contribution in [1.82, 2.24) is 4.90 Å². The Labute approximate surface area is 155 Å². The molecule has 27 heavy (non-hydrogen) atoms. The standard InChI is InChI=1S/C21H17NO5/c23-17-11-19(27-18-8-4-3-7-16(17)18)21(25)26-13-20(24)22-10-9-14-5-1-2-6-15(14)12-22/h1-8,11H,9-10,12-13H2. The first-order valence-corrected chi connectivity index (χ1v) is 8.66. The lowest BCUT2D eigenvalue weighted by Crippen LogP contribution is -2.38. The predicted molar refractivity (Wildman–Crippen MR) is 98.3 cm³/mol. The Morgan fingerprint density at radius 2 is 1.78 bits per heavy atom. The van der Waals surface area contributed by atoms with Crippen LogP contribution in [0.4, 0.5) is 0 Å². The van der Waals surface area contributed by atoms with E-state index in [2.05, 4.69) is 6.07 Å². The number of fused-ring (bicyclic) bond motifs is 2. The van der Waals surface area contributed by atoms with Crippen LogP contribution in [0.2, 0.25) is 0 Å². The Morgan fingerprint density at radius 3 is 2.63 bits per heavy atom. The molecule has 1 aliphatic rings. The third-order valence-corrected chi connectivity index (χ3v) is 4.65. The van der Waals surface area contributed by atoms with E-state index < -0.39 is 12.6 Å². The molecule has 0 saturated carbocycles. The number of rotatable bonds is 3. The molecule has 0 spiro atoms. The number of nitrogens with zero attached hydrogens (tertiary/aromatic N) is 1. The van der Waals surface area contributed by atoms with Crippen molar-refractivity contribution in [1.29, 1.82) is 0 Å². The van der Waals surface area contributed by atoms with E-state index in [-0.39, 0.29) is 17.1 Å². The summed E-state index contributed by atoms with van der Waals surface area (Å²) in [5, 5.41) is 0.386. The maximum atomic E-state index is 12.4. The summed E-state index contributed by atoms with van der Waals surface area (Å²) in [7, 11) is 0. The van der Waals surface area contributed by atoms with Gasteiger partial charge in [-0.3, -0.25) is 9.59 Å². The SMILES string of the molecule is O=C(OCC(=O)N1CCc2ccccc2C1)c1cc(=O)c2ccccc2o1. The molecule has 0 N–H and O–H groups in total. The Kier molecular flexibility index (Phi) is 4.46. The molecule has 3 aromatic rings. The van der Waals surface area contributed by atoms with E-state index in [1.165, 1.54) is 5.56 Å². The summed E-state index contributed by atoms with van der Waals surface area (Å²) in [6, 6.07) is 15.7. The summed E-state index contributed by atoms with van der Waals surface area (Å²) in [4.78, 5) is 38.3. The highest BCUT2D eigenvalue weighted by atomic mass is 16.5. The van der Waals surface area contributed by atoms with E-state index >= 15 is 0 Å². The van der Waals surface area contributed by atoms with Crippen molar-refractivity contribution in [3.63, 3.8) is 0 Å². The van der Waals surface area contributed by atoms with Gasteiger partial charge in [0.2, 0.25) is 5.76 Å². The summed E-state index contributed by atoms with van der Waals surface area (Å²) in [5.74, 6) is -1.32. The van der Waals surface area contributed by atoms with Gasteiger partial charge in [-0.1, -0.05) is 36.4 Å². The van der Waals surface area contributed by atoms with Crippen LogP contribution in [0.15, 0.2) is 63.8 Å². The zero-order chi connectivity index (χ0) is 18.8. The smallest absolute Gasteiger partial charge is 0.374 e. The van der Waals surface area contributed by atoms with Crippen LogP contribution in [0.3, 0.4) is 0 Å². The van der Waals surface area contributed by atoms with Crippen LogP contribution in [0.5, 0.6) is 0 Å². The molecule has 0 atom stereocenters. The summed E-state index contributed by atoms with van der Waals surface area (Å²) < 4.78 is 10.5. The number of hydrogen-bond donors (Lipinski definition) is 0. The highest BCUT2D eigenvalue weighted by Crippen LogP contribution is 2.18. The van der Waals surface area contributed by atoms with Crippen molar-refractivity contribution >= 4 is 22.8 Å². The molecule has 4 rings (SSSR count). The van der Waals surface area contributed by atoms with Crippen molar-refractivity contribution in [2.45, 2.75) is 13.0 Å². The van der Waals surface area contributed by atoms with Crippen LogP contribution in [-0.4, -0.2) is 29.9 Å². The van der Waals surface area contributed by atoms with Gasteiger partial charge in [-0.15, -0.1) is 0 Å². The minimum atomic E-state index is -0.830. The van der Waals surface area contributed by atoms with Gasteiger partial charge in [0.1, 0.15) is 5.58 Å². The number of carbonyl (C=O) groups excluding carboxylic acids is 2. The number of amides is 1. The van der Waals surface area contributed by atoms with Crippen molar-refractivity contribution in [2.75, 3.05) is 13.2 Å². The number of para-hydroxylation sites is 1. The largest absolute Gasteiger partial charge is 0.450 e. The van der Waals surface area contributed by atoms with E-state index in [0.29, 0.717) is 24.1 Å². The average molecular weight is 363 g/mol. The molecule has 0 saturated heterocycles. The summed E-state index contributed by atoms with van der Waals surface area (Å²) >= 11 is 0. The molecule has 1 amide bonds. The minimum Gasteiger partial charge on any atom is -0.450 e. The van der Waals surface area contributed by atoms with Crippen LogP contribution in [-0.2, 0) is 22.5 Å². The van der Waals surface area contributed by atoms with Gasteiger partial charge < -0.3 is 14.1 Å². The first kappa shape index (κ1) is 17.0. The molecule has 6 heteroatoms. The van der Waals surface area contributed by atoms with Gasteiger partial charge in [-0.2, -0.15) is 0 Å². The summed E-state index contributed by atoms with van der Waals surface area (Å²) in [6.45, 7) is 0.688. The fraction of sp³-hybridized carbons (Fsp3) is 0.190. The van der Waals surface area contributed by atoms with Gasteiger partial charge in [-0.25, -0.2) is 4.79 Å². The molecule has 136 valence electrons. The quantitative estimate of drug-likeness (QED) is 0.669. The monoisotopic (exact) mass is 363 g/mol. The van der Waals surface area contributed by atoms with Gasteiger partial charge in [-0.05, 0) is 29.7 Å². The van der Waals surface area contributed by atoms with Crippen molar-refractivity contribution in [3.8, 4) is 0 Å². The first-order chi connectivity index (χ1) is 13.1. The molecule has 2 heterocycles. The Balaban J connectivity index is 1.42. The zero-order valence-corrected chi connectivity index (χ0v) is 14.5. The van der Waals surface area contributed by atoms with E-state index in [0.717, 1.165) is 18.1 Å². The van der Waals surface area contributed by atoms with Crippen LogP contribution in [0, 0.1) is 0 Å². The molecule has 2 aromatic carbocycles. The maximum absolute atomic E-state index is 12.4. The topological polar surface area (TPSA) is 76.8 Å². The molecule has 0 aliphatic carbocycles. The number of carbonyl (C=O) groups is 2. The number of ether oxygens (including phenoxy) is 1. The third-order valence-electron chi connectivity index (χ3n) is 4.65. The summed E-state index contributed by atoms with van der Waals surface area (Å²) in [5.41, 5.74) is 2.30. The molecule has 0 bridgehead atoms. The summed E-state index contributed by atoms with van der Waals surface area (Å²) in [6.07, 6.45) is 0.773. The third kappa shape index (κ3) is 3.46. The van der Waals surface area contributed by atoms with Gasteiger partial charge >= 0.3 is 5.97 Å². The van der Waals surface area contributed by atoms with Crippen molar-refractivity contribution < 1.29 is 18.7 Å². The molecule has 1 aromatic heterocycles. The maximum Gasteiger partial charge on any atom is 0.374 e. The zero-order valence-electron chi connectivity index (χ0n) is 14.5.